The van der Waals surface area contributed by atoms with E-state index in [1.807, 2.05) is 26.4 Å². The van der Waals surface area contributed by atoms with Crippen molar-refractivity contribution in [2.75, 3.05) is 13.6 Å². The summed E-state index contributed by atoms with van der Waals surface area (Å²) >= 11 is 0. The van der Waals surface area contributed by atoms with Crippen molar-refractivity contribution in [3.63, 3.8) is 0 Å². The lowest BCUT2D eigenvalue weighted by Gasteiger charge is -2.22. The molecule has 0 aromatic carbocycles. The van der Waals surface area contributed by atoms with Gasteiger partial charge in [-0.15, -0.1) is 0 Å². The fourth-order valence-corrected chi connectivity index (χ4v) is 2.00. The van der Waals surface area contributed by atoms with E-state index in [1.165, 1.54) is 12.8 Å². The van der Waals surface area contributed by atoms with Gasteiger partial charge in [-0.2, -0.15) is 0 Å². The van der Waals surface area contributed by atoms with Gasteiger partial charge in [0.05, 0.1) is 17.6 Å². The molecule has 0 saturated heterocycles. The number of nitrogens with two attached hydrogens (primary N) is 1. The number of hydrogen-bond acceptors (Lipinski definition) is 3. The fraction of sp³-hybridized carbons (Fsp3) is 0.750. The summed E-state index contributed by atoms with van der Waals surface area (Å²) in [6, 6.07) is 0.817. The minimum Gasteiger partial charge on any atom is -0.332 e. The van der Waals surface area contributed by atoms with Crippen LogP contribution in [0.1, 0.15) is 32.4 Å². The normalized spacial score (nSPS) is 17.1. The van der Waals surface area contributed by atoms with Gasteiger partial charge in [0.25, 0.3) is 0 Å². The van der Waals surface area contributed by atoms with Crippen LogP contribution in [-0.4, -0.2) is 34.1 Å². The average molecular weight is 222 g/mol. The molecule has 0 bridgehead atoms. The summed E-state index contributed by atoms with van der Waals surface area (Å²) in [7, 11) is 2.20. The van der Waals surface area contributed by atoms with Crippen molar-refractivity contribution in [2.45, 2.75) is 44.8 Å². The van der Waals surface area contributed by atoms with Gasteiger partial charge in [0, 0.05) is 25.3 Å². The van der Waals surface area contributed by atoms with Gasteiger partial charge in [0.2, 0.25) is 0 Å². The predicted molar refractivity (Wildman–Crippen MR) is 65.1 cm³/mol. The first-order valence-corrected chi connectivity index (χ1v) is 5.98. The Morgan fingerprint density at radius 3 is 2.81 bits per heavy atom. The first-order chi connectivity index (χ1) is 7.48. The maximum absolute atomic E-state index is 6.11. The first kappa shape index (κ1) is 11.6. The van der Waals surface area contributed by atoms with E-state index in [-0.39, 0.29) is 5.54 Å². The Morgan fingerprint density at radius 1 is 1.56 bits per heavy atom. The second-order valence-corrected chi connectivity index (χ2v) is 5.41. The van der Waals surface area contributed by atoms with Crippen molar-refractivity contribution < 1.29 is 0 Å². The largest absolute Gasteiger partial charge is 0.332 e. The van der Waals surface area contributed by atoms with Crippen molar-refractivity contribution in [1.82, 2.24) is 14.5 Å². The molecule has 2 N–H and O–H groups in total. The molecular formula is C12H22N4. The molecule has 2 rings (SSSR count). The lowest BCUT2D eigenvalue weighted by molar-refractivity contribution is 0.304. The van der Waals surface area contributed by atoms with E-state index in [1.54, 1.807) is 0 Å². The van der Waals surface area contributed by atoms with Crippen LogP contribution in [0.25, 0.3) is 0 Å². The van der Waals surface area contributed by atoms with Crippen molar-refractivity contribution in [3.05, 3.63) is 18.2 Å². The van der Waals surface area contributed by atoms with Crippen LogP contribution in [0, 0.1) is 0 Å². The quantitative estimate of drug-likeness (QED) is 0.813. The molecular weight excluding hydrogens is 200 g/mol. The summed E-state index contributed by atoms with van der Waals surface area (Å²) in [5.74, 6) is 0. The molecule has 1 aromatic rings. The molecule has 0 aliphatic heterocycles. The highest BCUT2D eigenvalue weighted by Gasteiger charge is 2.26. The van der Waals surface area contributed by atoms with E-state index in [4.69, 9.17) is 5.73 Å². The molecule has 1 aromatic heterocycles. The zero-order chi connectivity index (χ0) is 11.8. The Balaban J connectivity index is 1.96. The van der Waals surface area contributed by atoms with Gasteiger partial charge in [0.15, 0.2) is 0 Å². The van der Waals surface area contributed by atoms with Gasteiger partial charge in [-0.05, 0) is 33.7 Å². The molecule has 4 heteroatoms. The van der Waals surface area contributed by atoms with E-state index < -0.39 is 0 Å². The standard InChI is InChI=1S/C12H22N4/c1-12(2,13)11-8-14-9-16(11)7-6-15(3)10-4-5-10/h8-10H,4-7,13H2,1-3H3. The van der Waals surface area contributed by atoms with Crippen LogP contribution in [0.4, 0.5) is 0 Å². The Morgan fingerprint density at radius 2 is 2.25 bits per heavy atom. The van der Waals surface area contributed by atoms with E-state index >= 15 is 0 Å². The summed E-state index contributed by atoms with van der Waals surface area (Å²) in [5, 5.41) is 0. The molecule has 1 aliphatic rings. The number of rotatable bonds is 5. The number of imidazole rings is 1. The third-order valence-electron chi connectivity index (χ3n) is 3.24. The molecule has 16 heavy (non-hydrogen) atoms. The first-order valence-electron chi connectivity index (χ1n) is 5.98. The molecule has 4 nitrogen and oxygen atoms in total. The predicted octanol–water partition coefficient (Wildman–Crippen LogP) is 1.17. The van der Waals surface area contributed by atoms with Crippen LogP contribution in [0.15, 0.2) is 12.5 Å². The molecule has 1 aliphatic carbocycles. The van der Waals surface area contributed by atoms with E-state index in [2.05, 4.69) is 21.5 Å². The highest BCUT2D eigenvalue weighted by atomic mass is 15.2. The molecule has 1 fully saturated rings. The highest BCUT2D eigenvalue weighted by molar-refractivity contribution is 5.09. The van der Waals surface area contributed by atoms with Crippen LogP contribution in [-0.2, 0) is 12.1 Å². The van der Waals surface area contributed by atoms with E-state index in [0.717, 1.165) is 24.8 Å². The molecule has 0 spiro atoms. The monoisotopic (exact) mass is 222 g/mol. The number of hydrogen-bond donors (Lipinski definition) is 1. The van der Waals surface area contributed by atoms with Gasteiger partial charge in [-0.3, -0.25) is 0 Å². The Labute approximate surface area is 97.4 Å². The lowest BCUT2D eigenvalue weighted by Crippen LogP contribution is -2.33. The van der Waals surface area contributed by atoms with Gasteiger partial charge in [-0.25, -0.2) is 4.98 Å². The highest BCUT2D eigenvalue weighted by Crippen LogP contribution is 2.25. The van der Waals surface area contributed by atoms with Crippen LogP contribution in [0.3, 0.4) is 0 Å². The fourth-order valence-electron chi connectivity index (χ4n) is 2.00. The second kappa shape index (κ2) is 4.18. The zero-order valence-electron chi connectivity index (χ0n) is 10.5. The topological polar surface area (TPSA) is 47.1 Å². The van der Waals surface area contributed by atoms with Crippen LogP contribution in [0.5, 0.6) is 0 Å². The summed E-state index contributed by atoms with van der Waals surface area (Å²) in [4.78, 5) is 6.62. The molecule has 90 valence electrons. The summed E-state index contributed by atoms with van der Waals surface area (Å²) in [6.45, 7) is 6.09. The maximum Gasteiger partial charge on any atom is 0.0949 e. The molecule has 0 radical (unpaired) electrons. The Bertz CT molecular complexity index is 346. The minimum atomic E-state index is -0.311. The molecule has 0 unspecified atom stereocenters. The average Bonchev–Trinajstić information content (AvgIpc) is 2.91. The van der Waals surface area contributed by atoms with E-state index in [9.17, 15) is 0 Å². The second-order valence-electron chi connectivity index (χ2n) is 5.41. The Kier molecular flexibility index (Phi) is 3.04. The van der Waals surface area contributed by atoms with Crippen molar-refractivity contribution in [1.29, 1.82) is 0 Å². The van der Waals surface area contributed by atoms with Crippen LogP contribution >= 0.6 is 0 Å². The van der Waals surface area contributed by atoms with Crippen LogP contribution in [0.2, 0.25) is 0 Å². The lowest BCUT2D eigenvalue weighted by atomic mass is 10.0. The smallest absolute Gasteiger partial charge is 0.0949 e. The number of likely N-dealkylation sites (N-methyl/N-ethyl adjacent to an activating group) is 1. The summed E-state index contributed by atoms with van der Waals surface area (Å²) in [6.07, 6.45) is 6.47. The van der Waals surface area contributed by atoms with E-state index in [0.29, 0.717) is 0 Å². The van der Waals surface area contributed by atoms with Crippen LogP contribution < -0.4 is 5.73 Å². The molecule has 0 atom stereocenters. The van der Waals surface area contributed by atoms with Gasteiger partial charge >= 0.3 is 0 Å². The third kappa shape index (κ3) is 2.62. The van der Waals surface area contributed by atoms with Crippen molar-refractivity contribution in [2.24, 2.45) is 5.73 Å². The minimum absolute atomic E-state index is 0.311. The summed E-state index contributed by atoms with van der Waals surface area (Å²) in [5.41, 5.74) is 6.90. The number of aromatic nitrogens is 2. The maximum atomic E-state index is 6.11. The van der Waals surface area contributed by atoms with Gasteiger partial charge in [0.1, 0.15) is 0 Å². The van der Waals surface area contributed by atoms with Crippen molar-refractivity contribution in [3.8, 4) is 0 Å². The van der Waals surface area contributed by atoms with Gasteiger partial charge < -0.3 is 15.2 Å². The zero-order valence-corrected chi connectivity index (χ0v) is 10.5. The van der Waals surface area contributed by atoms with Gasteiger partial charge in [-0.1, -0.05) is 0 Å². The third-order valence-corrected chi connectivity index (χ3v) is 3.24. The molecule has 1 heterocycles. The number of nitrogens with zero attached hydrogens (tertiary/aromatic N) is 3. The summed E-state index contributed by atoms with van der Waals surface area (Å²) < 4.78 is 2.17. The Hall–Kier alpha value is -0.870. The SMILES string of the molecule is CN(CCn1cncc1C(C)(C)N)C1CC1. The molecule has 1 saturated carbocycles. The molecule has 0 amide bonds. The van der Waals surface area contributed by atoms with Crippen molar-refractivity contribution >= 4 is 0 Å².